The fraction of sp³-hybridized carbons (Fsp3) is 0. The molecule has 0 atom stereocenters. The van der Waals surface area contributed by atoms with Gasteiger partial charge in [0.1, 0.15) is 15.5 Å². The molecule has 4 aromatic carbocycles. The Morgan fingerprint density at radius 1 is 0.562 bits per heavy atom. The van der Waals surface area contributed by atoms with Crippen molar-refractivity contribution in [1.29, 1.82) is 0 Å². The average molecular weight is 481 g/mol. The van der Waals surface area contributed by atoms with Crippen LogP contribution in [0, 0.1) is 0 Å². The number of hydrogen-bond acceptors (Lipinski definition) is 7. The Bertz CT molecular complexity index is 1600. The molecule has 0 amide bonds. The van der Waals surface area contributed by atoms with E-state index in [9.17, 15) is 31.0 Å². The van der Waals surface area contributed by atoms with Crippen LogP contribution in [-0.4, -0.2) is 31.0 Å². The van der Waals surface area contributed by atoms with Crippen LogP contribution in [0.25, 0.3) is 21.5 Å². The second-order valence-corrected chi connectivity index (χ2v) is 9.34. The Morgan fingerprint density at radius 2 is 1.06 bits per heavy atom. The molecule has 0 aliphatic carbocycles. The molecule has 4 rings (SSSR count). The summed E-state index contributed by atoms with van der Waals surface area (Å²) in [6, 6.07) is 15.7. The first-order valence-electron chi connectivity index (χ1n) is 8.70. The van der Waals surface area contributed by atoms with Gasteiger partial charge in [0.25, 0.3) is 20.2 Å². The number of hydrogen-bond donors (Lipinski definition) is 3. The van der Waals surface area contributed by atoms with Crippen LogP contribution in [0.1, 0.15) is 0 Å². The molecular formula is C20H14N2NaO7S2+. The second kappa shape index (κ2) is 8.87. The van der Waals surface area contributed by atoms with Crippen LogP contribution in [0.3, 0.4) is 0 Å². The van der Waals surface area contributed by atoms with E-state index >= 15 is 0 Å². The Balaban J connectivity index is 0.00000289. The molecule has 0 aliphatic rings. The molecular weight excluding hydrogens is 467 g/mol. The summed E-state index contributed by atoms with van der Waals surface area (Å²) in [5.41, 5.74) is 0.317. The first kappa shape index (κ1) is 24.3. The van der Waals surface area contributed by atoms with E-state index in [0.29, 0.717) is 5.39 Å². The number of phenols is 1. The minimum absolute atomic E-state index is 0. The van der Waals surface area contributed by atoms with Crippen LogP contribution in [-0.2, 0) is 20.2 Å². The van der Waals surface area contributed by atoms with Crippen molar-refractivity contribution in [1.82, 2.24) is 0 Å². The SMILES string of the molecule is O=S(=O)(O)c1ccc(N=Nc2ccc3c(S(=O)(=O)O)cccc3c2O)c2ccccc12.[Na+]. The molecule has 4 aromatic rings. The number of aromatic hydroxyl groups is 1. The third-order valence-corrected chi connectivity index (χ3v) is 6.48. The second-order valence-electron chi connectivity index (χ2n) is 6.56. The van der Waals surface area contributed by atoms with Crippen LogP contribution in [0.15, 0.2) is 86.7 Å². The maximum absolute atomic E-state index is 11.6. The van der Waals surface area contributed by atoms with Gasteiger partial charge >= 0.3 is 29.6 Å². The fourth-order valence-electron chi connectivity index (χ4n) is 3.28. The number of nitrogens with zero attached hydrogens (tertiary/aromatic N) is 2. The van der Waals surface area contributed by atoms with E-state index in [0.717, 1.165) is 0 Å². The van der Waals surface area contributed by atoms with E-state index in [1.165, 1.54) is 48.5 Å². The van der Waals surface area contributed by atoms with E-state index in [1.807, 2.05) is 0 Å². The summed E-state index contributed by atoms with van der Waals surface area (Å²) < 4.78 is 65.1. The monoisotopic (exact) mass is 481 g/mol. The number of rotatable bonds is 4. The topological polar surface area (TPSA) is 154 Å². The predicted octanol–water partition coefficient (Wildman–Crippen LogP) is 1.61. The van der Waals surface area contributed by atoms with Gasteiger partial charge in [0, 0.05) is 21.5 Å². The minimum atomic E-state index is -4.49. The standard InChI is InChI=1S/C20H14N2O7S2.Na/c23-20-15-6-3-7-18(30(24,25)26)14(15)8-9-17(20)22-21-16-10-11-19(31(27,28)29)13-5-2-1-4-12(13)16;/h1-11,23H,(H,24,25,26)(H,27,28,29);/q;+1. The zero-order valence-corrected chi connectivity index (χ0v) is 20.2. The summed E-state index contributed by atoms with van der Waals surface area (Å²) in [6.45, 7) is 0. The normalized spacial score (nSPS) is 12.3. The van der Waals surface area contributed by atoms with Crippen LogP contribution in [0.5, 0.6) is 5.75 Å². The van der Waals surface area contributed by atoms with Gasteiger partial charge in [0.15, 0.2) is 5.75 Å². The largest absolute Gasteiger partial charge is 1.00 e. The number of fused-ring (bicyclic) bond motifs is 2. The Morgan fingerprint density at radius 3 is 1.72 bits per heavy atom. The third-order valence-electron chi connectivity index (χ3n) is 4.65. The van der Waals surface area contributed by atoms with E-state index in [2.05, 4.69) is 10.2 Å². The van der Waals surface area contributed by atoms with Crippen molar-refractivity contribution < 1.29 is 60.6 Å². The smallest absolute Gasteiger partial charge is 0.505 e. The molecule has 32 heavy (non-hydrogen) atoms. The van der Waals surface area contributed by atoms with Gasteiger partial charge in [-0.2, -0.15) is 16.8 Å². The van der Waals surface area contributed by atoms with Crippen molar-refractivity contribution >= 4 is 53.2 Å². The molecule has 0 bridgehead atoms. The first-order valence-corrected chi connectivity index (χ1v) is 11.6. The molecule has 0 heterocycles. The average Bonchev–Trinajstić information content (AvgIpc) is 2.71. The maximum Gasteiger partial charge on any atom is 1.00 e. The first-order chi connectivity index (χ1) is 14.6. The van der Waals surface area contributed by atoms with Gasteiger partial charge in [0.2, 0.25) is 0 Å². The summed E-state index contributed by atoms with van der Waals surface area (Å²) in [7, 11) is -8.93. The summed E-state index contributed by atoms with van der Waals surface area (Å²) in [4.78, 5) is -0.621. The van der Waals surface area contributed by atoms with E-state index in [-0.39, 0.29) is 72.6 Å². The number of phenolic OH excluding ortho intramolecular Hbond substituents is 1. The predicted molar refractivity (Wildman–Crippen MR) is 113 cm³/mol. The van der Waals surface area contributed by atoms with Crippen LogP contribution >= 0.6 is 0 Å². The Hall–Kier alpha value is -2.38. The van der Waals surface area contributed by atoms with Crippen LogP contribution < -0.4 is 29.6 Å². The molecule has 0 saturated heterocycles. The van der Waals surface area contributed by atoms with Gasteiger partial charge in [-0.1, -0.05) is 42.5 Å². The summed E-state index contributed by atoms with van der Waals surface area (Å²) >= 11 is 0. The fourth-order valence-corrected chi connectivity index (χ4v) is 4.68. The third kappa shape index (κ3) is 4.55. The molecule has 158 valence electrons. The van der Waals surface area contributed by atoms with Crippen molar-refractivity contribution in [3.05, 3.63) is 66.7 Å². The van der Waals surface area contributed by atoms with E-state index < -0.39 is 20.2 Å². The molecule has 0 spiro atoms. The Kier molecular flexibility index (Phi) is 6.72. The van der Waals surface area contributed by atoms with Crippen molar-refractivity contribution in [3.8, 4) is 5.75 Å². The molecule has 0 unspecified atom stereocenters. The number of benzene rings is 4. The van der Waals surface area contributed by atoms with Gasteiger partial charge in [-0.25, -0.2) is 0 Å². The van der Waals surface area contributed by atoms with Gasteiger partial charge in [0.05, 0.1) is 5.69 Å². The van der Waals surface area contributed by atoms with Gasteiger partial charge < -0.3 is 5.11 Å². The molecule has 9 nitrogen and oxygen atoms in total. The number of azo groups is 1. The quantitative estimate of drug-likeness (QED) is 0.227. The van der Waals surface area contributed by atoms with Crippen molar-refractivity contribution in [2.24, 2.45) is 10.2 Å². The molecule has 0 saturated carbocycles. The van der Waals surface area contributed by atoms with Crippen LogP contribution in [0.4, 0.5) is 11.4 Å². The van der Waals surface area contributed by atoms with Crippen molar-refractivity contribution in [3.63, 3.8) is 0 Å². The van der Waals surface area contributed by atoms with Crippen molar-refractivity contribution in [2.45, 2.75) is 9.79 Å². The van der Waals surface area contributed by atoms with E-state index in [1.54, 1.807) is 18.2 Å². The van der Waals surface area contributed by atoms with Gasteiger partial charge in [-0.15, -0.1) is 10.2 Å². The molecule has 12 heteroatoms. The van der Waals surface area contributed by atoms with Crippen molar-refractivity contribution in [2.75, 3.05) is 0 Å². The van der Waals surface area contributed by atoms with Gasteiger partial charge in [-0.3, -0.25) is 9.11 Å². The van der Waals surface area contributed by atoms with Gasteiger partial charge in [-0.05, 0) is 24.3 Å². The molecule has 0 radical (unpaired) electrons. The minimum Gasteiger partial charge on any atom is -0.505 e. The molecule has 0 fully saturated rings. The zero-order chi connectivity index (χ0) is 22.4. The summed E-state index contributed by atoms with van der Waals surface area (Å²) in [5.74, 6) is -0.342. The van der Waals surface area contributed by atoms with E-state index in [4.69, 9.17) is 0 Å². The molecule has 0 aliphatic heterocycles. The summed E-state index contributed by atoms with van der Waals surface area (Å²) in [5, 5.41) is 19.6. The zero-order valence-electron chi connectivity index (χ0n) is 16.5. The molecule has 0 aromatic heterocycles. The summed E-state index contributed by atoms with van der Waals surface area (Å²) in [6.07, 6.45) is 0. The van der Waals surface area contributed by atoms with Crippen LogP contribution in [0.2, 0.25) is 0 Å². The Labute approximate surface area is 205 Å². The maximum atomic E-state index is 11.6. The molecule has 3 N–H and O–H groups in total.